The van der Waals surface area contributed by atoms with Gasteiger partial charge in [-0.25, -0.2) is 4.98 Å². The van der Waals surface area contributed by atoms with Crippen LogP contribution in [-0.4, -0.2) is 54.1 Å². The Balaban J connectivity index is 2.01. The molecule has 0 bridgehead atoms. The van der Waals surface area contributed by atoms with E-state index in [2.05, 4.69) is 47.1 Å². The van der Waals surface area contributed by atoms with Crippen LogP contribution >= 0.6 is 0 Å². The number of nitrogens with zero attached hydrogens (tertiary/aromatic N) is 3. The van der Waals surface area contributed by atoms with Crippen molar-refractivity contribution < 1.29 is 0 Å². The first kappa shape index (κ1) is 14.3. The predicted octanol–water partition coefficient (Wildman–Crippen LogP) is 2.04. The van der Waals surface area contributed by atoms with E-state index in [-0.39, 0.29) is 0 Å². The zero-order valence-corrected chi connectivity index (χ0v) is 12.4. The van der Waals surface area contributed by atoms with Crippen LogP contribution < -0.4 is 5.32 Å². The van der Waals surface area contributed by atoms with Gasteiger partial charge in [-0.2, -0.15) is 0 Å². The van der Waals surface area contributed by atoms with E-state index in [4.69, 9.17) is 0 Å². The fraction of sp³-hybridized carbons (Fsp3) is 0.667. The third-order valence-electron chi connectivity index (χ3n) is 3.78. The van der Waals surface area contributed by atoms with Crippen LogP contribution in [0.25, 0.3) is 0 Å². The molecule has 1 atom stereocenters. The standard InChI is InChI=1S/C15H26N4/c1-4-7-16-15-14(6-5-8-17-15)12-19-10-9-18(3)11-13(19)2/h5-6,8,13H,4,7,9-12H2,1-3H3,(H,16,17). The van der Waals surface area contributed by atoms with Gasteiger partial charge in [-0.1, -0.05) is 13.0 Å². The van der Waals surface area contributed by atoms with Crippen LogP contribution in [0.1, 0.15) is 25.8 Å². The summed E-state index contributed by atoms with van der Waals surface area (Å²) in [5.74, 6) is 1.05. The lowest BCUT2D eigenvalue weighted by Crippen LogP contribution is -2.49. The lowest BCUT2D eigenvalue weighted by atomic mass is 10.1. The molecule has 106 valence electrons. The Morgan fingerprint density at radius 3 is 3.00 bits per heavy atom. The second-order valence-corrected chi connectivity index (χ2v) is 5.52. The first-order valence-electron chi connectivity index (χ1n) is 7.31. The predicted molar refractivity (Wildman–Crippen MR) is 80.4 cm³/mol. The van der Waals surface area contributed by atoms with Gasteiger partial charge in [0.15, 0.2) is 0 Å². The quantitative estimate of drug-likeness (QED) is 0.880. The number of nitrogens with one attached hydrogen (secondary N) is 1. The molecule has 1 aromatic heterocycles. The van der Waals surface area contributed by atoms with Crippen LogP contribution in [0.15, 0.2) is 18.3 Å². The third kappa shape index (κ3) is 3.91. The van der Waals surface area contributed by atoms with Gasteiger partial charge in [0.25, 0.3) is 0 Å². The highest BCUT2D eigenvalue weighted by Crippen LogP contribution is 2.17. The molecule has 1 fully saturated rings. The van der Waals surface area contributed by atoms with Crippen LogP contribution in [-0.2, 0) is 6.54 Å². The van der Waals surface area contributed by atoms with Gasteiger partial charge in [-0.15, -0.1) is 0 Å². The number of hydrogen-bond acceptors (Lipinski definition) is 4. The molecule has 1 saturated heterocycles. The van der Waals surface area contributed by atoms with E-state index in [1.54, 1.807) is 0 Å². The molecule has 0 aromatic carbocycles. The lowest BCUT2D eigenvalue weighted by Gasteiger charge is -2.38. The van der Waals surface area contributed by atoms with Gasteiger partial charge in [0.05, 0.1) is 0 Å². The second-order valence-electron chi connectivity index (χ2n) is 5.52. The lowest BCUT2D eigenvalue weighted by molar-refractivity contribution is 0.0939. The first-order chi connectivity index (χ1) is 9.20. The van der Waals surface area contributed by atoms with E-state index in [1.165, 1.54) is 5.56 Å². The Kier molecular flexibility index (Phi) is 5.16. The average molecular weight is 262 g/mol. The summed E-state index contributed by atoms with van der Waals surface area (Å²) in [6.07, 6.45) is 3.00. The molecule has 19 heavy (non-hydrogen) atoms. The topological polar surface area (TPSA) is 31.4 Å². The molecule has 4 heteroatoms. The Bertz CT molecular complexity index is 393. The van der Waals surface area contributed by atoms with Crippen LogP contribution in [0.3, 0.4) is 0 Å². The van der Waals surface area contributed by atoms with Crippen molar-refractivity contribution in [2.45, 2.75) is 32.9 Å². The summed E-state index contributed by atoms with van der Waals surface area (Å²) in [5.41, 5.74) is 1.31. The maximum atomic E-state index is 4.47. The van der Waals surface area contributed by atoms with E-state index in [1.807, 2.05) is 12.3 Å². The molecule has 1 N–H and O–H groups in total. The maximum absolute atomic E-state index is 4.47. The number of likely N-dealkylation sites (N-methyl/N-ethyl adjacent to an activating group) is 1. The zero-order chi connectivity index (χ0) is 13.7. The number of anilines is 1. The van der Waals surface area contributed by atoms with Gasteiger partial charge in [0, 0.05) is 50.5 Å². The molecule has 1 aliphatic rings. The van der Waals surface area contributed by atoms with Crippen molar-refractivity contribution >= 4 is 5.82 Å². The molecular weight excluding hydrogens is 236 g/mol. The summed E-state index contributed by atoms with van der Waals surface area (Å²) in [5, 5.41) is 3.43. The second kappa shape index (κ2) is 6.87. The van der Waals surface area contributed by atoms with Crippen molar-refractivity contribution in [1.82, 2.24) is 14.8 Å². The number of piperazine rings is 1. The Morgan fingerprint density at radius 2 is 2.26 bits per heavy atom. The number of aromatic nitrogens is 1. The molecule has 2 heterocycles. The van der Waals surface area contributed by atoms with Crippen molar-refractivity contribution in [1.29, 1.82) is 0 Å². The minimum absolute atomic E-state index is 0.609. The average Bonchev–Trinajstić information content (AvgIpc) is 2.41. The summed E-state index contributed by atoms with van der Waals surface area (Å²) in [7, 11) is 2.20. The van der Waals surface area contributed by atoms with Gasteiger partial charge < -0.3 is 10.2 Å². The van der Waals surface area contributed by atoms with Gasteiger partial charge in [0.1, 0.15) is 5.82 Å². The summed E-state index contributed by atoms with van der Waals surface area (Å²) in [6, 6.07) is 4.83. The van der Waals surface area contributed by atoms with Gasteiger partial charge in [-0.05, 0) is 26.5 Å². The van der Waals surface area contributed by atoms with Crippen molar-refractivity contribution in [3.8, 4) is 0 Å². The van der Waals surface area contributed by atoms with Crippen molar-refractivity contribution in [2.75, 3.05) is 38.5 Å². The zero-order valence-electron chi connectivity index (χ0n) is 12.4. The van der Waals surface area contributed by atoms with Crippen LogP contribution in [0.5, 0.6) is 0 Å². The molecule has 0 spiro atoms. The third-order valence-corrected chi connectivity index (χ3v) is 3.78. The molecule has 4 nitrogen and oxygen atoms in total. The van der Waals surface area contributed by atoms with Gasteiger partial charge in [-0.3, -0.25) is 4.90 Å². The van der Waals surface area contributed by atoms with Crippen molar-refractivity contribution in [3.05, 3.63) is 23.9 Å². The SMILES string of the molecule is CCCNc1ncccc1CN1CCN(C)CC1C. The molecular formula is C15H26N4. The fourth-order valence-corrected chi connectivity index (χ4v) is 2.60. The molecule has 0 aliphatic carbocycles. The smallest absolute Gasteiger partial charge is 0.130 e. The number of rotatable bonds is 5. The summed E-state index contributed by atoms with van der Waals surface area (Å²) >= 11 is 0. The molecule has 0 saturated carbocycles. The molecule has 1 unspecified atom stereocenters. The van der Waals surface area contributed by atoms with Crippen LogP contribution in [0, 0.1) is 0 Å². The van der Waals surface area contributed by atoms with E-state index >= 15 is 0 Å². The maximum Gasteiger partial charge on any atom is 0.130 e. The van der Waals surface area contributed by atoms with Crippen LogP contribution in [0.4, 0.5) is 5.82 Å². The Labute approximate surface area is 116 Å². The molecule has 2 rings (SSSR count). The van der Waals surface area contributed by atoms with Crippen molar-refractivity contribution in [2.24, 2.45) is 0 Å². The molecule has 1 aliphatic heterocycles. The largest absolute Gasteiger partial charge is 0.370 e. The monoisotopic (exact) mass is 262 g/mol. The van der Waals surface area contributed by atoms with Gasteiger partial charge in [0.2, 0.25) is 0 Å². The summed E-state index contributed by atoms with van der Waals surface area (Å²) < 4.78 is 0. The highest BCUT2D eigenvalue weighted by atomic mass is 15.3. The normalized spacial score (nSPS) is 21.5. The Morgan fingerprint density at radius 1 is 1.42 bits per heavy atom. The van der Waals surface area contributed by atoms with Crippen molar-refractivity contribution in [3.63, 3.8) is 0 Å². The number of hydrogen-bond donors (Lipinski definition) is 1. The first-order valence-corrected chi connectivity index (χ1v) is 7.31. The minimum Gasteiger partial charge on any atom is -0.370 e. The van der Waals surface area contributed by atoms with Crippen LogP contribution in [0.2, 0.25) is 0 Å². The summed E-state index contributed by atoms with van der Waals surface area (Å²) in [6.45, 7) is 9.92. The van der Waals surface area contributed by atoms with E-state index in [0.29, 0.717) is 6.04 Å². The highest BCUT2D eigenvalue weighted by molar-refractivity contribution is 5.43. The summed E-state index contributed by atoms with van der Waals surface area (Å²) in [4.78, 5) is 9.43. The minimum atomic E-state index is 0.609. The fourth-order valence-electron chi connectivity index (χ4n) is 2.60. The van der Waals surface area contributed by atoms with E-state index in [9.17, 15) is 0 Å². The Hall–Kier alpha value is -1.13. The molecule has 0 radical (unpaired) electrons. The van der Waals surface area contributed by atoms with E-state index < -0.39 is 0 Å². The van der Waals surface area contributed by atoms with Gasteiger partial charge >= 0.3 is 0 Å². The van der Waals surface area contributed by atoms with E-state index in [0.717, 1.165) is 45.0 Å². The molecule has 1 aromatic rings. The highest BCUT2D eigenvalue weighted by Gasteiger charge is 2.22. The molecule has 0 amide bonds. The number of pyridine rings is 1.